The van der Waals surface area contributed by atoms with E-state index < -0.39 is 11.0 Å². The first-order valence-electron chi connectivity index (χ1n) is 12.8. The zero-order valence-electron chi connectivity index (χ0n) is 22.0. The number of Topliss-reactive ketones (excluding diaryl/α,β-unsaturated/α-hetero) is 1. The lowest BCUT2D eigenvalue weighted by Gasteiger charge is -2.35. The summed E-state index contributed by atoms with van der Waals surface area (Å²) in [7, 11) is 3.09. The van der Waals surface area contributed by atoms with Crippen molar-refractivity contribution in [3.05, 3.63) is 99.2 Å². The van der Waals surface area contributed by atoms with Gasteiger partial charge < -0.3 is 14.8 Å². The van der Waals surface area contributed by atoms with E-state index in [0.717, 1.165) is 5.56 Å². The molecule has 0 radical (unpaired) electrons. The molecule has 9 heteroatoms. The van der Waals surface area contributed by atoms with Crippen molar-refractivity contribution < 1.29 is 24.0 Å². The minimum atomic E-state index is -0.707. The van der Waals surface area contributed by atoms with E-state index in [1.54, 1.807) is 44.2 Å². The molecule has 3 aromatic carbocycles. The van der Waals surface area contributed by atoms with Crippen LogP contribution < -0.4 is 19.7 Å². The van der Waals surface area contributed by atoms with Crippen LogP contribution in [0.3, 0.4) is 0 Å². The Morgan fingerprint density at radius 3 is 2.49 bits per heavy atom. The van der Waals surface area contributed by atoms with Crippen molar-refractivity contribution >= 4 is 28.8 Å². The summed E-state index contributed by atoms with van der Waals surface area (Å²) in [5.41, 5.74) is 4.00. The smallest absolute Gasteiger partial charge is 0.269 e. The van der Waals surface area contributed by atoms with Gasteiger partial charge in [-0.3, -0.25) is 24.6 Å². The molecule has 1 heterocycles. The Bertz CT molecular complexity index is 1500. The number of methoxy groups -OCH3 is 2. The molecular weight excluding hydrogens is 498 g/mol. The van der Waals surface area contributed by atoms with Gasteiger partial charge in [-0.15, -0.1) is 0 Å². The molecule has 2 aliphatic rings. The Kier molecular flexibility index (Phi) is 7.06. The van der Waals surface area contributed by atoms with E-state index in [1.807, 2.05) is 36.4 Å². The number of carbonyl (C=O) groups is 2. The Labute approximate surface area is 226 Å². The van der Waals surface area contributed by atoms with Crippen LogP contribution in [-0.2, 0) is 9.59 Å². The molecule has 0 aromatic heterocycles. The summed E-state index contributed by atoms with van der Waals surface area (Å²) in [5.74, 6) is 0.518. The molecule has 0 fully saturated rings. The number of rotatable bonds is 6. The van der Waals surface area contributed by atoms with Gasteiger partial charge in [0.2, 0.25) is 5.91 Å². The van der Waals surface area contributed by atoms with Crippen LogP contribution in [-0.4, -0.2) is 30.8 Å². The number of para-hydroxylation sites is 2. The second-order valence-corrected chi connectivity index (χ2v) is 9.55. The van der Waals surface area contributed by atoms with Crippen LogP contribution >= 0.6 is 0 Å². The predicted octanol–water partition coefficient (Wildman–Crippen LogP) is 5.92. The van der Waals surface area contributed by atoms with Crippen LogP contribution in [0, 0.1) is 10.1 Å². The Morgan fingerprint density at radius 1 is 1.00 bits per heavy atom. The quantitative estimate of drug-likeness (QED) is 0.313. The number of ether oxygens (including phenoxy) is 2. The molecule has 1 aliphatic carbocycles. The number of allylic oxidation sites excluding steroid dienone is 1. The Hall–Kier alpha value is -4.66. The second-order valence-electron chi connectivity index (χ2n) is 9.55. The van der Waals surface area contributed by atoms with Crippen LogP contribution in [0.15, 0.2) is 78.0 Å². The fourth-order valence-electron chi connectivity index (χ4n) is 5.50. The van der Waals surface area contributed by atoms with E-state index in [-0.39, 0.29) is 36.1 Å². The van der Waals surface area contributed by atoms with Crippen molar-refractivity contribution in [1.29, 1.82) is 0 Å². The number of hydrogen-bond donors (Lipinski definition) is 1. The number of fused-ring (bicyclic) bond motifs is 1. The highest BCUT2D eigenvalue weighted by atomic mass is 16.6. The topological polar surface area (TPSA) is 111 Å². The number of ketones is 1. The number of carbonyl (C=O) groups excluding carboxylic acids is 2. The zero-order chi connectivity index (χ0) is 27.7. The molecular formula is C30H29N3O6. The third-order valence-corrected chi connectivity index (χ3v) is 7.34. The lowest BCUT2D eigenvalue weighted by Crippen LogP contribution is -2.38. The normalized spacial score (nSPS) is 18.4. The summed E-state index contributed by atoms with van der Waals surface area (Å²) in [5, 5.41) is 14.9. The highest BCUT2D eigenvalue weighted by Gasteiger charge is 2.41. The molecule has 0 unspecified atom stereocenters. The van der Waals surface area contributed by atoms with Gasteiger partial charge in [-0.05, 0) is 47.7 Å². The van der Waals surface area contributed by atoms with E-state index in [9.17, 15) is 19.7 Å². The fraction of sp³-hybridized carbons (Fsp3) is 0.267. The Balaban J connectivity index is 1.70. The number of benzene rings is 3. The lowest BCUT2D eigenvalue weighted by atomic mass is 9.78. The lowest BCUT2D eigenvalue weighted by molar-refractivity contribution is -0.384. The SMILES string of the molecule is CCC(=O)N1c2ccccc2NC2=C(C(=O)C[C@H](c3cccc([N+](=O)[O-])c3)C2)[C@@H]1c1ccc(OC)c(OC)c1. The van der Waals surface area contributed by atoms with Crippen LogP contribution in [0.25, 0.3) is 0 Å². The number of nitro groups is 1. The number of anilines is 2. The number of nitrogens with one attached hydrogen (secondary N) is 1. The van der Waals surface area contributed by atoms with Crippen LogP contribution in [0.2, 0.25) is 0 Å². The minimum Gasteiger partial charge on any atom is -0.493 e. The van der Waals surface area contributed by atoms with Gasteiger partial charge in [0, 0.05) is 36.2 Å². The van der Waals surface area contributed by atoms with Crippen molar-refractivity contribution in [1.82, 2.24) is 0 Å². The monoisotopic (exact) mass is 527 g/mol. The molecule has 0 spiro atoms. The summed E-state index contributed by atoms with van der Waals surface area (Å²) >= 11 is 0. The number of nitro benzene ring substituents is 1. The maximum absolute atomic E-state index is 14.0. The second kappa shape index (κ2) is 10.6. The van der Waals surface area contributed by atoms with Gasteiger partial charge in [0.05, 0.1) is 36.6 Å². The maximum atomic E-state index is 14.0. The number of non-ortho nitro benzene ring substituents is 1. The average Bonchev–Trinajstić information content (AvgIpc) is 3.11. The molecule has 0 bridgehead atoms. The summed E-state index contributed by atoms with van der Waals surface area (Å²) < 4.78 is 11.0. The molecule has 2 atom stereocenters. The molecule has 9 nitrogen and oxygen atoms in total. The van der Waals surface area contributed by atoms with Crippen LogP contribution in [0.5, 0.6) is 11.5 Å². The predicted molar refractivity (Wildman–Crippen MR) is 147 cm³/mol. The van der Waals surface area contributed by atoms with Gasteiger partial charge in [-0.2, -0.15) is 0 Å². The summed E-state index contributed by atoms with van der Waals surface area (Å²) in [6, 6.07) is 18.6. The third-order valence-electron chi connectivity index (χ3n) is 7.34. The van der Waals surface area contributed by atoms with Crippen molar-refractivity contribution in [2.45, 2.75) is 38.1 Å². The fourth-order valence-corrected chi connectivity index (χ4v) is 5.50. The number of amides is 1. The maximum Gasteiger partial charge on any atom is 0.269 e. The van der Waals surface area contributed by atoms with Gasteiger partial charge in [0.1, 0.15) is 0 Å². The van der Waals surface area contributed by atoms with Gasteiger partial charge >= 0.3 is 0 Å². The van der Waals surface area contributed by atoms with Gasteiger partial charge in [-0.25, -0.2) is 0 Å². The highest BCUT2D eigenvalue weighted by molar-refractivity contribution is 6.06. The van der Waals surface area contributed by atoms with E-state index in [4.69, 9.17) is 9.47 Å². The Morgan fingerprint density at radius 2 is 1.77 bits per heavy atom. The summed E-state index contributed by atoms with van der Waals surface area (Å²) in [6.07, 6.45) is 0.857. The molecule has 3 aromatic rings. The van der Waals surface area contributed by atoms with Crippen LogP contribution in [0.4, 0.5) is 17.1 Å². The van der Waals surface area contributed by atoms with Gasteiger partial charge in [-0.1, -0.05) is 37.3 Å². The first-order chi connectivity index (χ1) is 18.9. The number of hydrogen-bond acceptors (Lipinski definition) is 7. The molecule has 1 aliphatic heterocycles. The standard InChI is InChI=1S/C30H29N3O6/c1-4-28(35)32-24-11-6-5-10-22(24)31-23-15-20(18-8-7-9-21(14-18)33(36)37)16-25(34)29(23)30(32)19-12-13-26(38-2)27(17-19)39-3/h5-14,17,20,30-31H,4,15-16H2,1-3H3/t20-,30+/m1/s1. The van der Waals surface area contributed by atoms with Crippen molar-refractivity contribution in [3.8, 4) is 11.5 Å². The van der Waals surface area contributed by atoms with Gasteiger partial charge in [0.25, 0.3) is 5.69 Å². The molecule has 39 heavy (non-hydrogen) atoms. The van der Waals surface area contributed by atoms with Crippen molar-refractivity contribution in [2.75, 3.05) is 24.4 Å². The average molecular weight is 528 g/mol. The molecule has 1 amide bonds. The van der Waals surface area contributed by atoms with E-state index in [1.165, 1.54) is 12.1 Å². The largest absolute Gasteiger partial charge is 0.493 e. The van der Waals surface area contributed by atoms with Crippen LogP contribution in [0.1, 0.15) is 49.3 Å². The van der Waals surface area contributed by atoms with Crippen molar-refractivity contribution in [2.24, 2.45) is 0 Å². The summed E-state index contributed by atoms with van der Waals surface area (Å²) in [4.78, 5) is 40.2. The van der Waals surface area contributed by atoms with Crippen molar-refractivity contribution in [3.63, 3.8) is 0 Å². The zero-order valence-corrected chi connectivity index (χ0v) is 22.0. The number of nitrogens with zero attached hydrogens (tertiary/aromatic N) is 2. The molecule has 1 N–H and O–H groups in total. The van der Waals surface area contributed by atoms with E-state index in [2.05, 4.69) is 5.32 Å². The van der Waals surface area contributed by atoms with E-state index in [0.29, 0.717) is 46.1 Å². The molecule has 5 rings (SSSR count). The third kappa shape index (κ3) is 4.71. The molecule has 200 valence electrons. The first kappa shape index (κ1) is 26.0. The highest BCUT2D eigenvalue weighted by Crippen LogP contribution is 2.48. The molecule has 0 saturated heterocycles. The molecule has 0 saturated carbocycles. The summed E-state index contributed by atoms with van der Waals surface area (Å²) in [6.45, 7) is 1.80. The first-order valence-corrected chi connectivity index (χ1v) is 12.8. The minimum absolute atomic E-state index is 0.0122. The van der Waals surface area contributed by atoms with E-state index >= 15 is 0 Å². The van der Waals surface area contributed by atoms with Gasteiger partial charge in [0.15, 0.2) is 17.3 Å².